The predicted molar refractivity (Wildman–Crippen MR) is 87.2 cm³/mol. The molecule has 0 radical (unpaired) electrons. The van der Waals surface area contributed by atoms with Gasteiger partial charge in [-0.3, -0.25) is 0 Å². The van der Waals surface area contributed by atoms with Crippen LogP contribution >= 0.6 is 12.2 Å². The minimum atomic E-state index is -3.12. The molecule has 0 atom stereocenters. The molecule has 1 N–H and O–H groups in total. The van der Waals surface area contributed by atoms with E-state index in [0.29, 0.717) is 31.3 Å². The number of ether oxygens (including phenoxy) is 1. The molecule has 0 amide bonds. The molecule has 1 heterocycles. The lowest BCUT2D eigenvalue weighted by Gasteiger charge is -2.35. The standard InChI is InChI=1S/C13H19N3O3S2/c1-19-12-6-4-3-5-11(12)14-13(20)15-7-9-16(10-8-15)21(2,17)18/h3-6H,7-10H2,1-2H3,(H,14,20). The van der Waals surface area contributed by atoms with E-state index < -0.39 is 10.0 Å². The number of nitrogens with zero attached hydrogens (tertiary/aromatic N) is 2. The Kier molecular flexibility index (Phi) is 5.02. The van der Waals surface area contributed by atoms with E-state index in [-0.39, 0.29) is 0 Å². The number of nitrogens with one attached hydrogen (secondary N) is 1. The van der Waals surface area contributed by atoms with E-state index in [1.165, 1.54) is 10.6 Å². The highest BCUT2D eigenvalue weighted by atomic mass is 32.2. The second-order valence-electron chi connectivity index (χ2n) is 4.78. The molecule has 116 valence electrons. The molecule has 1 aromatic rings. The highest BCUT2D eigenvalue weighted by molar-refractivity contribution is 7.88. The van der Waals surface area contributed by atoms with Gasteiger partial charge in [0.2, 0.25) is 10.0 Å². The van der Waals surface area contributed by atoms with Gasteiger partial charge in [0, 0.05) is 26.2 Å². The minimum Gasteiger partial charge on any atom is -0.495 e. The number of hydrogen-bond acceptors (Lipinski definition) is 4. The van der Waals surface area contributed by atoms with Gasteiger partial charge in [0.05, 0.1) is 19.1 Å². The minimum absolute atomic E-state index is 0.451. The van der Waals surface area contributed by atoms with Crippen LogP contribution in [-0.4, -0.2) is 62.3 Å². The van der Waals surface area contributed by atoms with Crippen LogP contribution in [0.25, 0.3) is 0 Å². The zero-order chi connectivity index (χ0) is 15.5. The molecule has 1 aliphatic rings. The summed E-state index contributed by atoms with van der Waals surface area (Å²) in [7, 11) is -1.52. The molecule has 0 aromatic heterocycles. The fraction of sp³-hybridized carbons (Fsp3) is 0.462. The number of anilines is 1. The van der Waals surface area contributed by atoms with Gasteiger partial charge in [0.25, 0.3) is 0 Å². The summed E-state index contributed by atoms with van der Waals surface area (Å²) in [5.41, 5.74) is 0.801. The van der Waals surface area contributed by atoms with Crippen molar-refractivity contribution < 1.29 is 13.2 Å². The SMILES string of the molecule is COc1ccccc1NC(=S)N1CCN(S(C)(=O)=O)CC1. The highest BCUT2D eigenvalue weighted by Gasteiger charge is 2.24. The average Bonchev–Trinajstić information content (AvgIpc) is 2.47. The molecule has 21 heavy (non-hydrogen) atoms. The number of piperazine rings is 1. The maximum atomic E-state index is 11.5. The van der Waals surface area contributed by atoms with E-state index in [0.717, 1.165) is 11.4 Å². The fourth-order valence-electron chi connectivity index (χ4n) is 2.17. The van der Waals surface area contributed by atoms with Crippen molar-refractivity contribution in [2.75, 3.05) is 44.9 Å². The van der Waals surface area contributed by atoms with Crippen LogP contribution in [0.15, 0.2) is 24.3 Å². The lowest BCUT2D eigenvalue weighted by atomic mass is 10.3. The van der Waals surface area contributed by atoms with Gasteiger partial charge in [-0.05, 0) is 24.4 Å². The Bertz CT molecular complexity index is 611. The first-order valence-corrected chi connectivity index (χ1v) is 8.81. The van der Waals surface area contributed by atoms with Crippen LogP contribution < -0.4 is 10.1 Å². The first-order valence-electron chi connectivity index (χ1n) is 6.56. The summed E-state index contributed by atoms with van der Waals surface area (Å²) in [6.07, 6.45) is 1.23. The van der Waals surface area contributed by atoms with Crippen LogP contribution in [0.4, 0.5) is 5.69 Å². The molecular formula is C13H19N3O3S2. The Morgan fingerprint density at radius 3 is 2.43 bits per heavy atom. The molecule has 0 spiro atoms. The lowest BCUT2D eigenvalue weighted by Crippen LogP contribution is -2.51. The van der Waals surface area contributed by atoms with Crippen LogP contribution in [0.5, 0.6) is 5.75 Å². The predicted octanol–water partition coefficient (Wildman–Crippen LogP) is 0.969. The van der Waals surface area contributed by atoms with Gasteiger partial charge in [-0.1, -0.05) is 12.1 Å². The number of hydrogen-bond donors (Lipinski definition) is 1. The number of rotatable bonds is 3. The maximum absolute atomic E-state index is 11.5. The van der Waals surface area contributed by atoms with Crippen molar-refractivity contribution in [3.05, 3.63) is 24.3 Å². The Labute approximate surface area is 130 Å². The van der Waals surface area contributed by atoms with E-state index in [2.05, 4.69) is 5.32 Å². The van der Waals surface area contributed by atoms with E-state index in [4.69, 9.17) is 17.0 Å². The molecule has 1 saturated heterocycles. The zero-order valence-electron chi connectivity index (χ0n) is 12.1. The molecule has 0 bridgehead atoms. The quantitative estimate of drug-likeness (QED) is 0.834. The van der Waals surface area contributed by atoms with Gasteiger partial charge in [0.1, 0.15) is 5.75 Å². The summed E-state index contributed by atoms with van der Waals surface area (Å²) >= 11 is 5.39. The third-order valence-electron chi connectivity index (χ3n) is 3.34. The molecule has 0 aliphatic carbocycles. The number of benzene rings is 1. The van der Waals surface area contributed by atoms with E-state index in [1.807, 2.05) is 29.2 Å². The van der Waals surface area contributed by atoms with Crippen molar-refractivity contribution in [1.29, 1.82) is 0 Å². The van der Waals surface area contributed by atoms with Gasteiger partial charge in [-0.2, -0.15) is 4.31 Å². The summed E-state index contributed by atoms with van der Waals surface area (Å²) in [6.45, 7) is 2.06. The van der Waals surface area contributed by atoms with Crippen LogP contribution in [0.1, 0.15) is 0 Å². The van der Waals surface area contributed by atoms with Crippen molar-refractivity contribution in [1.82, 2.24) is 9.21 Å². The van der Waals surface area contributed by atoms with Gasteiger partial charge in [-0.25, -0.2) is 8.42 Å². The van der Waals surface area contributed by atoms with Crippen molar-refractivity contribution in [3.63, 3.8) is 0 Å². The molecular weight excluding hydrogens is 310 g/mol. The number of methoxy groups -OCH3 is 1. The van der Waals surface area contributed by atoms with Crippen molar-refractivity contribution >= 4 is 33.0 Å². The van der Waals surface area contributed by atoms with Gasteiger partial charge >= 0.3 is 0 Å². The molecule has 8 heteroatoms. The highest BCUT2D eigenvalue weighted by Crippen LogP contribution is 2.23. The summed E-state index contributed by atoms with van der Waals surface area (Å²) in [4.78, 5) is 1.96. The first kappa shape index (κ1) is 16.0. The molecule has 0 saturated carbocycles. The summed E-state index contributed by atoms with van der Waals surface area (Å²) in [5, 5.41) is 3.73. The second-order valence-corrected chi connectivity index (χ2v) is 7.15. The first-order chi connectivity index (χ1) is 9.91. The number of para-hydroxylation sites is 2. The largest absolute Gasteiger partial charge is 0.495 e. The molecule has 0 unspecified atom stereocenters. The molecule has 1 aliphatic heterocycles. The van der Waals surface area contributed by atoms with Gasteiger partial charge < -0.3 is 15.0 Å². The third kappa shape index (κ3) is 4.05. The van der Waals surface area contributed by atoms with Crippen molar-refractivity contribution in [3.8, 4) is 5.75 Å². The van der Waals surface area contributed by atoms with Gasteiger partial charge in [-0.15, -0.1) is 0 Å². The number of thiocarbonyl (C=S) groups is 1. The average molecular weight is 329 g/mol. The normalized spacial score (nSPS) is 16.6. The van der Waals surface area contributed by atoms with E-state index in [1.54, 1.807) is 7.11 Å². The topological polar surface area (TPSA) is 61.9 Å². The zero-order valence-corrected chi connectivity index (χ0v) is 13.7. The molecule has 1 aromatic carbocycles. The van der Waals surface area contributed by atoms with Crippen molar-refractivity contribution in [2.24, 2.45) is 0 Å². The fourth-order valence-corrected chi connectivity index (χ4v) is 3.28. The Morgan fingerprint density at radius 2 is 1.86 bits per heavy atom. The summed E-state index contributed by atoms with van der Waals surface area (Å²) in [5.74, 6) is 0.717. The number of sulfonamides is 1. The summed E-state index contributed by atoms with van der Waals surface area (Å²) in [6, 6.07) is 7.53. The van der Waals surface area contributed by atoms with Crippen LogP contribution in [0.3, 0.4) is 0 Å². The van der Waals surface area contributed by atoms with E-state index >= 15 is 0 Å². The molecule has 6 nitrogen and oxygen atoms in total. The monoisotopic (exact) mass is 329 g/mol. The smallest absolute Gasteiger partial charge is 0.211 e. The second kappa shape index (κ2) is 6.59. The van der Waals surface area contributed by atoms with Crippen LogP contribution in [0, 0.1) is 0 Å². The van der Waals surface area contributed by atoms with Crippen molar-refractivity contribution in [2.45, 2.75) is 0 Å². The Hall–Kier alpha value is -1.38. The molecule has 1 fully saturated rings. The van der Waals surface area contributed by atoms with E-state index in [9.17, 15) is 8.42 Å². The third-order valence-corrected chi connectivity index (χ3v) is 5.01. The molecule has 2 rings (SSSR count). The van der Waals surface area contributed by atoms with Gasteiger partial charge in [0.15, 0.2) is 5.11 Å². The summed E-state index contributed by atoms with van der Waals surface area (Å²) < 4.78 is 29.7. The van der Waals surface area contributed by atoms with Crippen LogP contribution in [-0.2, 0) is 10.0 Å². The Morgan fingerprint density at radius 1 is 1.24 bits per heavy atom. The maximum Gasteiger partial charge on any atom is 0.211 e. The lowest BCUT2D eigenvalue weighted by molar-refractivity contribution is 0.270. The Balaban J connectivity index is 1.97. The van der Waals surface area contributed by atoms with Crippen LogP contribution in [0.2, 0.25) is 0 Å².